The van der Waals surface area contributed by atoms with E-state index in [1.807, 2.05) is 0 Å². The molecular weight excluding hydrogens is 607 g/mol. The minimum atomic E-state index is 0. The third kappa shape index (κ3) is 3.99. The summed E-state index contributed by atoms with van der Waals surface area (Å²) in [6.45, 7) is 0. The monoisotopic (exact) mass is 627 g/mol. The van der Waals surface area contributed by atoms with E-state index in [4.69, 9.17) is 9.97 Å². The van der Waals surface area contributed by atoms with Crippen LogP contribution >= 0.6 is 0 Å². The van der Waals surface area contributed by atoms with Gasteiger partial charge in [0.1, 0.15) is 0 Å². The van der Waals surface area contributed by atoms with Crippen LogP contribution in [0.2, 0.25) is 0 Å². The minimum Gasteiger partial charge on any atom is -0.301 e. The normalized spacial score (nSPS) is 12.1. The number of benzene rings is 4. The van der Waals surface area contributed by atoms with E-state index in [0.29, 0.717) is 12.8 Å². The predicted molar refractivity (Wildman–Crippen MR) is 138 cm³/mol. The van der Waals surface area contributed by atoms with Crippen molar-refractivity contribution in [2.45, 2.75) is 12.8 Å². The average molecular weight is 628 g/mol. The van der Waals surface area contributed by atoms with Gasteiger partial charge in [-0.15, -0.1) is 57.3 Å². The SMILES string of the molecule is [Pt+2].[c-]1c2cc3ccccc3c1Cc1cccc(n1)-c1[c-]c(c3ccccc3c1)Cc1cccc-2n1. The van der Waals surface area contributed by atoms with Crippen molar-refractivity contribution in [2.75, 3.05) is 0 Å². The van der Waals surface area contributed by atoms with Crippen LogP contribution in [0.5, 0.6) is 0 Å². The fraction of sp³-hybridized carbons (Fsp3) is 0.0625. The van der Waals surface area contributed by atoms with Crippen LogP contribution in [0.25, 0.3) is 44.1 Å². The van der Waals surface area contributed by atoms with E-state index in [1.165, 1.54) is 21.5 Å². The summed E-state index contributed by atoms with van der Waals surface area (Å²) >= 11 is 0. The Morgan fingerprint density at radius 1 is 0.514 bits per heavy atom. The summed E-state index contributed by atoms with van der Waals surface area (Å²) in [7, 11) is 0. The topological polar surface area (TPSA) is 25.8 Å². The minimum absolute atomic E-state index is 0. The van der Waals surface area contributed by atoms with Gasteiger partial charge in [0, 0.05) is 11.4 Å². The number of nitrogens with zero attached hydrogens (tertiary/aromatic N) is 2. The molecule has 2 nitrogen and oxygen atoms in total. The average Bonchev–Trinajstić information content (AvgIpc) is 2.88. The van der Waals surface area contributed by atoms with Crippen LogP contribution in [0, 0.1) is 12.1 Å². The van der Waals surface area contributed by atoms with Gasteiger partial charge in [-0.2, -0.15) is 0 Å². The number of pyridine rings is 2. The Morgan fingerprint density at radius 3 is 1.46 bits per heavy atom. The van der Waals surface area contributed by atoms with Crippen LogP contribution in [-0.2, 0) is 33.9 Å². The van der Waals surface area contributed by atoms with Gasteiger partial charge in [0.05, 0.1) is 0 Å². The predicted octanol–water partition coefficient (Wildman–Crippen LogP) is 7.21. The third-order valence-corrected chi connectivity index (χ3v) is 6.62. The first kappa shape index (κ1) is 21.9. The molecule has 0 spiro atoms. The summed E-state index contributed by atoms with van der Waals surface area (Å²) in [6.07, 6.45) is 1.42. The Balaban J connectivity index is 0.00000229. The van der Waals surface area contributed by atoms with Crippen LogP contribution in [0.15, 0.2) is 97.1 Å². The van der Waals surface area contributed by atoms with Crippen LogP contribution in [0.4, 0.5) is 0 Å². The number of hydrogen-bond acceptors (Lipinski definition) is 2. The van der Waals surface area contributed by atoms with E-state index < -0.39 is 0 Å². The molecule has 168 valence electrons. The van der Waals surface area contributed by atoms with Crippen LogP contribution in [0.3, 0.4) is 0 Å². The zero-order valence-electron chi connectivity index (χ0n) is 18.9. The Bertz CT molecular complexity index is 1590. The fourth-order valence-corrected chi connectivity index (χ4v) is 5.01. The van der Waals surface area contributed by atoms with Gasteiger partial charge in [0.15, 0.2) is 0 Å². The molecule has 8 bridgehead atoms. The summed E-state index contributed by atoms with van der Waals surface area (Å²) in [6, 6.07) is 41.4. The van der Waals surface area contributed by atoms with Gasteiger partial charge in [-0.25, -0.2) is 0 Å². The Kier molecular flexibility index (Phi) is 5.55. The van der Waals surface area contributed by atoms with Crippen molar-refractivity contribution in [1.82, 2.24) is 9.97 Å². The van der Waals surface area contributed by atoms with Crippen molar-refractivity contribution in [3.8, 4) is 22.5 Å². The van der Waals surface area contributed by atoms with Crippen LogP contribution < -0.4 is 0 Å². The molecule has 6 aromatic rings. The van der Waals surface area contributed by atoms with Gasteiger partial charge < -0.3 is 9.97 Å². The van der Waals surface area contributed by atoms with Gasteiger partial charge >= 0.3 is 21.1 Å². The number of aromatic nitrogens is 2. The molecule has 4 aromatic carbocycles. The fourth-order valence-electron chi connectivity index (χ4n) is 5.01. The molecule has 3 heterocycles. The second-order valence-electron chi connectivity index (χ2n) is 8.88. The first-order chi connectivity index (χ1) is 16.8. The van der Waals surface area contributed by atoms with Crippen molar-refractivity contribution in [2.24, 2.45) is 0 Å². The molecular formula is C32H20N2Pt. The molecule has 3 heteroatoms. The first-order valence-corrected chi connectivity index (χ1v) is 11.6. The standard InChI is InChI=1S/C32H20N2.Pt/c1-3-11-29-21(7-1)15-25-17-23(29)19-27-9-6-14-32(34-27)26-16-22-8-2-4-12-30(22)24(18-26)20-28-10-5-13-31(25)33-28;/h1-16H,19-20H2;/q-2;+2. The van der Waals surface area contributed by atoms with Crippen molar-refractivity contribution < 1.29 is 21.1 Å². The molecule has 0 aliphatic carbocycles. The molecule has 0 unspecified atom stereocenters. The number of fused-ring (bicyclic) bond motifs is 14. The maximum atomic E-state index is 5.06. The Labute approximate surface area is 219 Å². The van der Waals surface area contributed by atoms with Gasteiger partial charge in [-0.1, -0.05) is 83.6 Å². The van der Waals surface area contributed by atoms with E-state index in [-0.39, 0.29) is 21.1 Å². The molecule has 0 saturated carbocycles. The summed E-state index contributed by atoms with van der Waals surface area (Å²) < 4.78 is 0. The van der Waals surface area contributed by atoms with Crippen molar-refractivity contribution in [1.29, 1.82) is 0 Å². The number of hydrogen-bond donors (Lipinski definition) is 0. The second kappa shape index (κ2) is 8.87. The molecule has 0 atom stereocenters. The van der Waals surface area contributed by atoms with Gasteiger partial charge in [-0.05, 0) is 36.4 Å². The quantitative estimate of drug-likeness (QED) is 0.166. The van der Waals surface area contributed by atoms with Gasteiger partial charge in [-0.3, -0.25) is 0 Å². The van der Waals surface area contributed by atoms with Crippen LogP contribution in [0.1, 0.15) is 22.5 Å². The maximum Gasteiger partial charge on any atom is 2.00 e. The van der Waals surface area contributed by atoms with E-state index >= 15 is 0 Å². The second-order valence-corrected chi connectivity index (χ2v) is 8.88. The first-order valence-electron chi connectivity index (χ1n) is 11.6. The van der Waals surface area contributed by atoms with Gasteiger partial charge in [0.25, 0.3) is 0 Å². The summed E-state index contributed by atoms with van der Waals surface area (Å²) in [5.41, 5.74) is 8.27. The Morgan fingerprint density at radius 2 is 0.971 bits per heavy atom. The van der Waals surface area contributed by atoms with Gasteiger partial charge in [0.2, 0.25) is 0 Å². The summed E-state index contributed by atoms with van der Waals surface area (Å²) in [4.78, 5) is 10.1. The van der Waals surface area contributed by atoms with Crippen molar-refractivity contribution in [3.63, 3.8) is 0 Å². The molecule has 0 N–H and O–H groups in total. The molecule has 1 aliphatic rings. The number of rotatable bonds is 0. The summed E-state index contributed by atoms with van der Waals surface area (Å²) in [5, 5.41) is 4.82. The van der Waals surface area contributed by atoms with E-state index in [1.54, 1.807) is 0 Å². The Hall–Kier alpha value is -3.61. The molecule has 2 aromatic heterocycles. The summed E-state index contributed by atoms with van der Waals surface area (Å²) in [5.74, 6) is 0. The zero-order chi connectivity index (χ0) is 22.5. The smallest absolute Gasteiger partial charge is 0.301 e. The van der Waals surface area contributed by atoms with Crippen molar-refractivity contribution in [3.05, 3.63) is 132 Å². The zero-order valence-corrected chi connectivity index (χ0v) is 21.1. The molecule has 0 fully saturated rings. The molecule has 1 aliphatic heterocycles. The third-order valence-electron chi connectivity index (χ3n) is 6.62. The molecule has 0 amide bonds. The molecule has 7 rings (SSSR count). The van der Waals surface area contributed by atoms with E-state index in [0.717, 1.165) is 45.0 Å². The maximum absolute atomic E-state index is 5.06. The largest absolute Gasteiger partial charge is 2.00 e. The molecule has 35 heavy (non-hydrogen) atoms. The van der Waals surface area contributed by atoms with Crippen LogP contribution in [-0.4, -0.2) is 9.97 Å². The van der Waals surface area contributed by atoms with E-state index in [2.05, 4.69) is 109 Å². The van der Waals surface area contributed by atoms with E-state index in [9.17, 15) is 0 Å². The molecule has 0 saturated heterocycles. The van der Waals surface area contributed by atoms with Crippen molar-refractivity contribution >= 4 is 21.5 Å². The molecule has 0 radical (unpaired) electrons.